The lowest BCUT2D eigenvalue weighted by Gasteiger charge is -2.12. The lowest BCUT2D eigenvalue weighted by Crippen LogP contribution is -2.24. The van der Waals surface area contributed by atoms with Crippen molar-refractivity contribution < 1.29 is 4.79 Å². The molecule has 0 N–H and O–H groups in total. The molecule has 1 atom stereocenters. The average molecular weight is 254 g/mol. The van der Waals surface area contributed by atoms with E-state index in [0.29, 0.717) is 12.3 Å². The van der Waals surface area contributed by atoms with E-state index in [0.717, 1.165) is 30.3 Å². The number of aryl methyl sites for hydroxylation is 2. The van der Waals surface area contributed by atoms with E-state index in [9.17, 15) is 4.79 Å². The first-order valence-corrected chi connectivity index (χ1v) is 7.12. The van der Waals surface area contributed by atoms with Gasteiger partial charge in [0.2, 0.25) is 5.91 Å². The SMILES string of the molecule is O=C1CC(CS)CN1c1nc2c(s1)CCC2. The lowest BCUT2D eigenvalue weighted by atomic mass is 10.1. The quantitative estimate of drug-likeness (QED) is 0.818. The molecule has 2 aliphatic rings. The summed E-state index contributed by atoms with van der Waals surface area (Å²) in [6.07, 6.45) is 4.09. The van der Waals surface area contributed by atoms with Crippen LogP contribution in [0, 0.1) is 5.92 Å². The first-order chi connectivity index (χ1) is 7.78. The highest BCUT2D eigenvalue weighted by Crippen LogP contribution is 2.35. The van der Waals surface area contributed by atoms with Gasteiger partial charge in [0.15, 0.2) is 5.13 Å². The van der Waals surface area contributed by atoms with E-state index >= 15 is 0 Å². The minimum Gasteiger partial charge on any atom is -0.288 e. The molecule has 2 heterocycles. The van der Waals surface area contributed by atoms with E-state index < -0.39 is 0 Å². The standard InChI is InChI=1S/C11H14N2OS2/c14-10-4-7(6-15)5-13(10)11-12-8-2-1-3-9(8)16-11/h7,15H,1-6H2. The molecule has 1 aliphatic carbocycles. The summed E-state index contributed by atoms with van der Waals surface area (Å²) in [6, 6.07) is 0. The third-order valence-electron chi connectivity index (χ3n) is 3.28. The predicted molar refractivity (Wildman–Crippen MR) is 68.5 cm³/mol. The molecule has 16 heavy (non-hydrogen) atoms. The molecule has 1 aromatic heterocycles. The average Bonchev–Trinajstić information content (AvgIpc) is 2.89. The Labute approximate surface area is 104 Å². The normalized spacial score (nSPS) is 24.2. The lowest BCUT2D eigenvalue weighted by molar-refractivity contribution is -0.117. The third kappa shape index (κ3) is 1.66. The Balaban J connectivity index is 1.84. The van der Waals surface area contributed by atoms with Gasteiger partial charge in [0.05, 0.1) is 5.69 Å². The van der Waals surface area contributed by atoms with Crippen LogP contribution < -0.4 is 4.90 Å². The number of thiazole rings is 1. The Hall–Kier alpha value is -0.550. The van der Waals surface area contributed by atoms with Crippen LogP contribution in [0.4, 0.5) is 5.13 Å². The van der Waals surface area contributed by atoms with Crippen LogP contribution in [0.25, 0.3) is 0 Å². The van der Waals surface area contributed by atoms with Crippen LogP contribution in [-0.2, 0) is 17.6 Å². The summed E-state index contributed by atoms with van der Waals surface area (Å²) in [7, 11) is 0. The molecule has 3 nitrogen and oxygen atoms in total. The molecule has 0 spiro atoms. The van der Waals surface area contributed by atoms with Gasteiger partial charge in [-0.3, -0.25) is 9.69 Å². The van der Waals surface area contributed by atoms with Crippen LogP contribution in [0.5, 0.6) is 0 Å². The number of rotatable bonds is 2. The molecule has 0 aromatic carbocycles. The number of anilines is 1. The van der Waals surface area contributed by atoms with Gasteiger partial charge in [0.25, 0.3) is 0 Å². The number of nitrogens with zero attached hydrogens (tertiary/aromatic N) is 2. The summed E-state index contributed by atoms with van der Waals surface area (Å²) < 4.78 is 0. The molecule has 86 valence electrons. The van der Waals surface area contributed by atoms with Crippen molar-refractivity contribution in [3.8, 4) is 0 Å². The highest BCUT2D eigenvalue weighted by Gasteiger charge is 2.32. The topological polar surface area (TPSA) is 33.2 Å². The largest absolute Gasteiger partial charge is 0.288 e. The second kappa shape index (κ2) is 4.04. The van der Waals surface area contributed by atoms with E-state index in [1.54, 1.807) is 11.3 Å². The van der Waals surface area contributed by atoms with Gasteiger partial charge in [0.1, 0.15) is 0 Å². The fourth-order valence-electron chi connectivity index (χ4n) is 2.38. The van der Waals surface area contributed by atoms with E-state index in [4.69, 9.17) is 0 Å². The maximum Gasteiger partial charge on any atom is 0.229 e. The first-order valence-electron chi connectivity index (χ1n) is 5.67. The van der Waals surface area contributed by atoms with Gasteiger partial charge in [-0.2, -0.15) is 12.6 Å². The van der Waals surface area contributed by atoms with Crippen molar-refractivity contribution in [3.63, 3.8) is 0 Å². The van der Waals surface area contributed by atoms with Crippen molar-refractivity contribution >= 4 is 35.0 Å². The Bertz CT molecular complexity index is 408. The van der Waals surface area contributed by atoms with E-state index in [2.05, 4.69) is 17.6 Å². The molecule has 1 amide bonds. The number of carbonyl (C=O) groups excluding carboxylic acids is 1. The van der Waals surface area contributed by atoms with Crippen LogP contribution in [-0.4, -0.2) is 23.2 Å². The van der Waals surface area contributed by atoms with Crippen LogP contribution in [0.15, 0.2) is 0 Å². The van der Waals surface area contributed by atoms with Gasteiger partial charge in [-0.05, 0) is 30.9 Å². The maximum atomic E-state index is 11.8. The summed E-state index contributed by atoms with van der Waals surface area (Å²) in [5.74, 6) is 1.40. The summed E-state index contributed by atoms with van der Waals surface area (Å²) in [4.78, 5) is 19.7. The molecule has 0 bridgehead atoms. The first kappa shape index (κ1) is 10.6. The number of aromatic nitrogens is 1. The Morgan fingerprint density at radius 2 is 2.38 bits per heavy atom. The molecular formula is C11H14N2OS2. The summed E-state index contributed by atoms with van der Waals surface area (Å²) in [5.41, 5.74) is 1.22. The molecule has 0 saturated carbocycles. The highest BCUT2D eigenvalue weighted by molar-refractivity contribution is 7.80. The van der Waals surface area contributed by atoms with Gasteiger partial charge in [-0.15, -0.1) is 11.3 Å². The van der Waals surface area contributed by atoms with Crippen molar-refractivity contribution in [3.05, 3.63) is 10.6 Å². The number of hydrogen-bond donors (Lipinski definition) is 1. The van der Waals surface area contributed by atoms with Crippen LogP contribution >= 0.6 is 24.0 Å². The second-order valence-corrected chi connectivity index (χ2v) is 5.90. The minimum atomic E-state index is 0.214. The van der Waals surface area contributed by atoms with E-state index in [-0.39, 0.29) is 5.91 Å². The molecule has 1 aromatic rings. The second-order valence-electron chi connectivity index (χ2n) is 4.48. The number of carbonyl (C=O) groups is 1. The molecule has 1 unspecified atom stereocenters. The van der Waals surface area contributed by atoms with Crippen molar-refractivity contribution in [1.82, 2.24) is 4.98 Å². The molecule has 0 radical (unpaired) electrons. The Morgan fingerprint density at radius 1 is 1.50 bits per heavy atom. The summed E-state index contributed by atoms with van der Waals surface area (Å²) in [5, 5.41) is 0.916. The van der Waals surface area contributed by atoms with Gasteiger partial charge in [0, 0.05) is 17.8 Å². The van der Waals surface area contributed by atoms with Gasteiger partial charge >= 0.3 is 0 Å². The Kier molecular flexibility index (Phi) is 2.67. The summed E-state index contributed by atoms with van der Waals surface area (Å²) >= 11 is 5.97. The zero-order chi connectivity index (χ0) is 11.1. The molecule has 5 heteroatoms. The van der Waals surface area contributed by atoms with Gasteiger partial charge in [-0.1, -0.05) is 0 Å². The number of thiol groups is 1. The monoisotopic (exact) mass is 254 g/mol. The smallest absolute Gasteiger partial charge is 0.229 e. The van der Waals surface area contributed by atoms with E-state index in [1.807, 2.05) is 4.90 Å². The fourth-order valence-corrected chi connectivity index (χ4v) is 3.80. The van der Waals surface area contributed by atoms with Gasteiger partial charge in [-0.25, -0.2) is 4.98 Å². The van der Waals surface area contributed by atoms with Crippen LogP contribution in [0.2, 0.25) is 0 Å². The number of fused-ring (bicyclic) bond motifs is 1. The number of amides is 1. The van der Waals surface area contributed by atoms with Crippen molar-refractivity contribution in [1.29, 1.82) is 0 Å². The van der Waals surface area contributed by atoms with Crippen molar-refractivity contribution in [2.45, 2.75) is 25.7 Å². The predicted octanol–water partition coefficient (Wildman–Crippen LogP) is 1.91. The molecule has 1 saturated heterocycles. The van der Waals surface area contributed by atoms with Crippen LogP contribution in [0.3, 0.4) is 0 Å². The van der Waals surface area contributed by atoms with Crippen LogP contribution in [0.1, 0.15) is 23.4 Å². The maximum absolute atomic E-state index is 11.8. The van der Waals surface area contributed by atoms with Crippen molar-refractivity contribution in [2.75, 3.05) is 17.2 Å². The fraction of sp³-hybridized carbons (Fsp3) is 0.636. The van der Waals surface area contributed by atoms with Gasteiger partial charge < -0.3 is 0 Å². The number of hydrogen-bond acceptors (Lipinski definition) is 4. The molecular weight excluding hydrogens is 240 g/mol. The molecule has 3 rings (SSSR count). The third-order valence-corrected chi connectivity index (χ3v) is 4.98. The zero-order valence-electron chi connectivity index (χ0n) is 8.98. The Morgan fingerprint density at radius 3 is 3.06 bits per heavy atom. The highest BCUT2D eigenvalue weighted by atomic mass is 32.1. The zero-order valence-corrected chi connectivity index (χ0v) is 10.7. The minimum absolute atomic E-state index is 0.214. The summed E-state index contributed by atoms with van der Waals surface area (Å²) in [6.45, 7) is 0.800. The van der Waals surface area contributed by atoms with Crippen molar-refractivity contribution in [2.24, 2.45) is 5.92 Å². The molecule has 1 aliphatic heterocycles. The van der Waals surface area contributed by atoms with E-state index in [1.165, 1.54) is 17.0 Å². The molecule has 1 fully saturated rings.